The van der Waals surface area contributed by atoms with Crippen LogP contribution < -0.4 is 5.32 Å². The molecule has 0 bridgehead atoms. The zero-order valence-electron chi connectivity index (χ0n) is 12.6. The van der Waals surface area contributed by atoms with Crippen molar-refractivity contribution in [3.63, 3.8) is 0 Å². The molecule has 0 heterocycles. The highest BCUT2D eigenvalue weighted by Crippen LogP contribution is 2.28. The van der Waals surface area contributed by atoms with E-state index in [9.17, 15) is 8.42 Å². The third-order valence-electron chi connectivity index (χ3n) is 4.35. The average molecular weight is 295 g/mol. The molecule has 1 N–H and O–H groups in total. The molecule has 1 aromatic rings. The number of sulfone groups is 1. The summed E-state index contributed by atoms with van der Waals surface area (Å²) in [6.07, 6.45) is 5.08. The van der Waals surface area contributed by atoms with E-state index in [4.69, 9.17) is 0 Å². The van der Waals surface area contributed by atoms with E-state index in [-0.39, 0.29) is 0 Å². The quantitative estimate of drug-likeness (QED) is 0.929. The van der Waals surface area contributed by atoms with Gasteiger partial charge in [-0.2, -0.15) is 0 Å². The van der Waals surface area contributed by atoms with Gasteiger partial charge in [0.25, 0.3) is 0 Å². The molecule has 0 saturated heterocycles. The predicted octanol–water partition coefficient (Wildman–Crippen LogP) is 3.00. The Morgan fingerprint density at radius 3 is 2.35 bits per heavy atom. The fraction of sp³-hybridized carbons (Fsp3) is 0.625. The van der Waals surface area contributed by atoms with Crippen LogP contribution in [0.4, 0.5) is 0 Å². The van der Waals surface area contributed by atoms with E-state index < -0.39 is 9.84 Å². The third-order valence-corrected chi connectivity index (χ3v) is 5.48. The van der Waals surface area contributed by atoms with Gasteiger partial charge in [-0.25, -0.2) is 8.42 Å². The lowest BCUT2D eigenvalue weighted by Crippen LogP contribution is -2.38. The van der Waals surface area contributed by atoms with Gasteiger partial charge in [-0.05, 0) is 48.8 Å². The Bertz CT molecular complexity index is 536. The molecule has 1 aromatic carbocycles. The first-order valence-corrected chi connectivity index (χ1v) is 9.28. The third kappa shape index (κ3) is 4.06. The number of benzene rings is 1. The van der Waals surface area contributed by atoms with Gasteiger partial charge in [-0.15, -0.1) is 0 Å². The average Bonchev–Trinajstić information content (AvgIpc) is 2.37. The Hall–Kier alpha value is -0.870. The summed E-state index contributed by atoms with van der Waals surface area (Å²) in [6, 6.07) is 7.77. The zero-order chi connectivity index (χ0) is 14.8. The molecule has 1 saturated carbocycles. The lowest BCUT2D eigenvalue weighted by molar-refractivity contribution is 0.227. The van der Waals surface area contributed by atoms with Crippen molar-refractivity contribution in [3.8, 4) is 0 Å². The monoisotopic (exact) mass is 295 g/mol. The van der Waals surface area contributed by atoms with Gasteiger partial charge in [0.2, 0.25) is 0 Å². The maximum Gasteiger partial charge on any atom is 0.175 e. The molecule has 3 unspecified atom stereocenters. The minimum atomic E-state index is -3.09. The summed E-state index contributed by atoms with van der Waals surface area (Å²) in [7, 11) is -3.09. The van der Waals surface area contributed by atoms with Crippen molar-refractivity contribution in [2.24, 2.45) is 11.8 Å². The van der Waals surface area contributed by atoms with Crippen molar-refractivity contribution in [3.05, 3.63) is 29.8 Å². The number of hydrogen-bond acceptors (Lipinski definition) is 3. The minimum Gasteiger partial charge on any atom is -0.310 e. The molecule has 2 rings (SSSR count). The molecule has 0 radical (unpaired) electrons. The molecule has 1 aliphatic rings. The fourth-order valence-corrected chi connectivity index (χ4v) is 3.70. The Morgan fingerprint density at radius 1 is 1.15 bits per heavy atom. The highest BCUT2D eigenvalue weighted by Gasteiger charge is 2.24. The molecule has 20 heavy (non-hydrogen) atoms. The summed E-state index contributed by atoms with van der Waals surface area (Å²) >= 11 is 0. The smallest absolute Gasteiger partial charge is 0.175 e. The molecular weight excluding hydrogens is 270 g/mol. The molecule has 4 heteroatoms. The van der Waals surface area contributed by atoms with Crippen molar-refractivity contribution in [1.29, 1.82) is 0 Å². The second-order valence-corrected chi connectivity index (χ2v) is 8.31. The van der Waals surface area contributed by atoms with E-state index in [1.54, 1.807) is 12.1 Å². The Labute approximate surface area is 122 Å². The summed E-state index contributed by atoms with van der Waals surface area (Å²) in [5, 5.41) is 3.62. The van der Waals surface area contributed by atoms with Crippen LogP contribution in [0.2, 0.25) is 0 Å². The van der Waals surface area contributed by atoms with E-state index in [1.165, 1.54) is 25.5 Å². The summed E-state index contributed by atoms with van der Waals surface area (Å²) in [6.45, 7) is 5.46. The van der Waals surface area contributed by atoms with Gasteiger partial charge in [0.1, 0.15) is 0 Å². The van der Waals surface area contributed by atoms with Crippen LogP contribution in [-0.4, -0.2) is 20.7 Å². The SMILES string of the molecule is CC1CCC(NCc2ccc(S(C)(=O)=O)cc2)C(C)C1. The van der Waals surface area contributed by atoms with Crippen molar-refractivity contribution >= 4 is 9.84 Å². The van der Waals surface area contributed by atoms with Crippen molar-refractivity contribution in [2.75, 3.05) is 6.26 Å². The molecule has 0 spiro atoms. The van der Waals surface area contributed by atoms with Crippen molar-refractivity contribution in [1.82, 2.24) is 5.32 Å². The topological polar surface area (TPSA) is 46.2 Å². The van der Waals surface area contributed by atoms with Gasteiger partial charge < -0.3 is 5.32 Å². The van der Waals surface area contributed by atoms with Crippen LogP contribution in [0.5, 0.6) is 0 Å². The summed E-state index contributed by atoms with van der Waals surface area (Å²) in [5.41, 5.74) is 1.14. The van der Waals surface area contributed by atoms with Gasteiger partial charge in [0.15, 0.2) is 9.84 Å². The summed E-state index contributed by atoms with van der Waals surface area (Å²) in [4.78, 5) is 0.390. The van der Waals surface area contributed by atoms with Gasteiger partial charge in [0, 0.05) is 18.8 Å². The zero-order valence-corrected chi connectivity index (χ0v) is 13.4. The minimum absolute atomic E-state index is 0.390. The molecule has 112 valence electrons. The first-order chi connectivity index (χ1) is 9.36. The van der Waals surface area contributed by atoms with Crippen LogP contribution in [0, 0.1) is 11.8 Å². The molecular formula is C16H25NO2S. The summed E-state index contributed by atoms with van der Waals surface area (Å²) in [5.74, 6) is 1.56. The molecule has 3 nitrogen and oxygen atoms in total. The number of rotatable bonds is 4. The predicted molar refractivity (Wildman–Crippen MR) is 82.4 cm³/mol. The van der Waals surface area contributed by atoms with Crippen LogP contribution in [0.15, 0.2) is 29.2 Å². The Kier molecular flexibility index (Phi) is 4.86. The van der Waals surface area contributed by atoms with E-state index in [2.05, 4.69) is 19.2 Å². The largest absolute Gasteiger partial charge is 0.310 e. The van der Waals surface area contributed by atoms with E-state index in [0.29, 0.717) is 16.9 Å². The molecule has 3 atom stereocenters. The second-order valence-electron chi connectivity index (χ2n) is 6.30. The van der Waals surface area contributed by atoms with Gasteiger partial charge in [-0.3, -0.25) is 0 Å². The van der Waals surface area contributed by atoms with Crippen LogP contribution in [0.1, 0.15) is 38.7 Å². The highest BCUT2D eigenvalue weighted by atomic mass is 32.2. The maximum absolute atomic E-state index is 11.4. The fourth-order valence-electron chi connectivity index (χ4n) is 3.07. The first-order valence-electron chi connectivity index (χ1n) is 7.38. The Balaban J connectivity index is 1.91. The lowest BCUT2D eigenvalue weighted by Gasteiger charge is -2.33. The van der Waals surface area contributed by atoms with E-state index in [1.807, 2.05) is 12.1 Å². The maximum atomic E-state index is 11.4. The second kappa shape index (κ2) is 6.27. The number of nitrogens with one attached hydrogen (secondary N) is 1. The number of hydrogen-bond donors (Lipinski definition) is 1. The lowest BCUT2D eigenvalue weighted by atomic mass is 9.80. The van der Waals surface area contributed by atoms with Gasteiger partial charge >= 0.3 is 0 Å². The Morgan fingerprint density at radius 2 is 1.80 bits per heavy atom. The van der Waals surface area contributed by atoms with E-state index in [0.717, 1.165) is 18.0 Å². The van der Waals surface area contributed by atoms with Crippen LogP contribution in [0.3, 0.4) is 0 Å². The first kappa shape index (κ1) is 15.5. The van der Waals surface area contributed by atoms with Gasteiger partial charge in [0.05, 0.1) is 4.90 Å². The van der Waals surface area contributed by atoms with Crippen molar-refractivity contribution in [2.45, 2.75) is 50.6 Å². The summed E-state index contributed by atoms with van der Waals surface area (Å²) < 4.78 is 22.8. The molecule has 0 aliphatic heterocycles. The molecule has 1 aliphatic carbocycles. The highest BCUT2D eigenvalue weighted by molar-refractivity contribution is 7.90. The molecule has 1 fully saturated rings. The van der Waals surface area contributed by atoms with Crippen LogP contribution in [0.25, 0.3) is 0 Å². The normalized spacial score (nSPS) is 27.4. The molecule has 0 amide bonds. The van der Waals surface area contributed by atoms with Gasteiger partial charge in [-0.1, -0.05) is 26.0 Å². The molecule has 0 aromatic heterocycles. The standard InChI is InChI=1S/C16H25NO2S/c1-12-4-9-16(13(2)10-12)17-11-14-5-7-15(8-6-14)20(3,18)19/h5-8,12-13,16-17H,4,9-11H2,1-3H3. The van der Waals surface area contributed by atoms with Crippen LogP contribution in [-0.2, 0) is 16.4 Å². The van der Waals surface area contributed by atoms with Crippen molar-refractivity contribution < 1.29 is 8.42 Å². The van der Waals surface area contributed by atoms with E-state index >= 15 is 0 Å². The van der Waals surface area contributed by atoms with Crippen LogP contribution >= 0.6 is 0 Å².